The molecule has 0 aliphatic heterocycles. The molecule has 0 N–H and O–H groups in total. The molecular formula is C104H148BrClFIO6S12. The van der Waals surface area contributed by atoms with Gasteiger partial charge in [-0.25, -0.2) is 0 Å². The Labute approximate surface area is 838 Å². The van der Waals surface area contributed by atoms with E-state index < -0.39 is 0 Å². The number of aryl methyl sites for hydroxylation is 3. The average molecular weight is 2140 g/mol. The van der Waals surface area contributed by atoms with E-state index in [9.17, 15) is 18.8 Å². The van der Waals surface area contributed by atoms with Gasteiger partial charge in [-0.3, -0.25) is 14.4 Å². The van der Waals surface area contributed by atoms with Gasteiger partial charge < -0.3 is 4.74 Å². The fourth-order valence-electron chi connectivity index (χ4n) is 9.32. The number of rotatable bonds is 4. The Morgan fingerprint density at radius 3 is 0.881 bits per heavy atom. The highest BCUT2D eigenvalue weighted by Crippen LogP contribution is 2.39. The summed E-state index contributed by atoms with van der Waals surface area (Å²) in [4.78, 5) is 69.8. The lowest BCUT2D eigenvalue weighted by Gasteiger charge is -2.15. The largest absolute Gasteiger partial charge is 0.418 e. The molecule has 0 atom stereocenters. The van der Waals surface area contributed by atoms with Gasteiger partial charge in [-0.2, -0.15) is 14.0 Å². The summed E-state index contributed by atoms with van der Waals surface area (Å²) in [6.45, 7) is 87.5. The Balaban J connectivity index is 0.00000136. The van der Waals surface area contributed by atoms with Crippen LogP contribution in [0.25, 0.3) is 0 Å². The summed E-state index contributed by atoms with van der Waals surface area (Å²) < 4.78 is 28.0. The van der Waals surface area contributed by atoms with Gasteiger partial charge in [0.1, 0.15) is 0 Å². The quantitative estimate of drug-likeness (QED) is 0.0990. The van der Waals surface area contributed by atoms with E-state index in [2.05, 4.69) is 393 Å². The predicted molar refractivity (Wildman–Crippen MR) is 583 cm³/mol. The molecule has 12 aromatic rings. The first-order chi connectivity index (χ1) is 57.5. The van der Waals surface area contributed by atoms with E-state index in [1.54, 1.807) is 52.3 Å². The number of hydrogen-bond donors (Lipinski definition) is 0. The Hall–Kier alpha value is -3.98. The van der Waals surface area contributed by atoms with Crippen LogP contribution in [0.4, 0.5) is 4.39 Å². The van der Waals surface area contributed by atoms with Crippen LogP contribution < -0.4 is 4.74 Å². The predicted octanol–water partition coefficient (Wildman–Crippen LogP) is 38.6. The second-order valence-corrected chi connectivity index (χ2v) is 59.1. The van der Waals surface area contributed by atoms with Gasteiger partial charge >= 0.3 is 6.15 Å². The molecule has 0 spiro atoms. The van der Waals surface area contributed by atoms with Crippen molar-refractivity contribution in [3.8, 4) is 5.06 Å². The number of aldehydes is 1. The first-order valence-electron chi connectivity index (χ1n) is 42.2. The second-order valence-electron chi connectivity index (χ2n) is 42.0. The van der Waals surface area contributed by atoms with Crippen LogP contribution in [0.2, 0.25) is 4.34 Å². The van der Waals surface area contributed by atoms with E-state index >= 15 is 0 Å². The molecule has 0 fully saturated rings. The standard InChI is InChI=1S/C10H14OS.C9H12O2S.C9H12OS.3C9H14S.C8H11BrS.C8H11ClS.C8H11FS.C8H11IS.2C8H12S.CO2/c1-7(11)8-5-6-9(12-8)10(2,3)4;1-9(2,3)7-4-5-8(12-7)11-6-10;1-9(2,3)8-5-4-7(6-10)11-8;3*1-7-5-6-8(10-7)9(2,3)4;4*1-8(2,3)6-4-5-7(9)10-6;2*1-8(2,3)7-5-4-6-9-7;2-1-3/h5-6H,1-4H3;4-6H,1-3H3;4-6H,1-3H3;3*5-6H,1-4H3;4*4-5H,1-3H3;2*4-6H,1-3H3;/i;;;1-1;;;;;9-1;;6T;;. The van der Waals surface area contributed by atoms with Crippen LogP contribution in [0.3, 0.4) is 0 Å². The Kier molecular flexibility index (Phi) is 51.8. The maximum absolute atomic E-state index is 12.5. The lowest BCUT2D eigenvalue weighted by molar-refractivity contribution is -0.191. The molecular weight excluding hydrogens is 1990 g/mol. The van der Waals surface area contributed by atoms with E-state index in [0.29, 0.717) is 49.4 Å². The van der Waals surface area contributed by atoms with Crippen LogP contribution >= 0.6 is 186 Å². The Morgan fingerprint density at radius 2 is 0.683 bits per heavy atom. The fraction of sp³-hybridized carbons (Fsp3) is 0.500. The monoisotopic (exact) mass is 2140 g/mol. The molecule has 700 valence electrons. The van der Waals surface area contributed by atoms with Crippen molar-refractivity contribution in [3.05, 3.63) is 255 Å². The van der Waals surface area contributed by atoms with E-state index in [1.165, 1.54) is 104 Å². The second kappa shape index (κ2) is 54.4. The van der Waals surface area contributed by atoms with Crippen LogP contribution in [0.5, 0.6) is 5.06 Å². The molecule has 6 nitrogen and oxygen atoms in total. The summed E-state index contributed by atoms with van der Waals surface area (Å²) in [5, 5.41) is 3.35. The minimum atomic E-state index is -0.0927. The van der Waals surface area contributed by atoms with Gasteiger partial charge in [0.05, 0.1) is 22.1 Å². The molecule has 0 aromatic carbocycles. The molecule has 0 aliphatic carbocycles. The first-order valence-corrected chi connectivity index (χ1v) is 53.8. The molecule has 126 heavy (non-hydrogen) atoms. The van der Waals surface area contributed by atoms with Gasteiger partial charge in [0.15, 0.2) is 22.3 Å². The van der Waals surface area contributed by atoms with Gasteiger partial charge in [0, 0.05) is 73.2 Å². The third-order valence-corrected chi connectivity index (χ3v) is 35.4. The fourth-order valence-corrected chi connectivity index (χ4v) is 21.3. The Morgan fingerprint density at radius 1 is 0.373 bits per heavy atom. The third kappa shape index (κ3) is 51.9. The molecule has 0 unspecified atom stereocenters. The minimum absolute atomic E-state index is 0.0923. The summed E-state index contributed by atoms with van der Waals surface area (Å²) in [6, 6.07) is 49.1. The topological polar surface area (TPSA) is 94.6 Å². The molecule has 12 aromatic heterocycles. The van der Waals surface area contributed by atoms with Gasteiger partial charge in [0.25, 0.3) is 6.47 Å². The van der Waals surface area contributed by atoms with E-state index in [0.717, 1.165) is 25.3 Å². The van der Waals surface area contributed by atoms with Gasteiger partial charge in [-0.1, -0.05) is 273 Å². The van der Waals surface area contributed by atoms with Crippen LogP contribution in [-0.2, 0) is 79.4 Å². The summed E-state index contributed by atoms with van der Waals surface area (Å²) in [6.07, 6.45) is 1.15. The van der Waals surface area contributed by atoms with Crippen LogP contribution in [-0.4, -0.2) is 24.7 Å². The van der Waals surface area contributed by atoms with E-state index in [-0.39, 0.29) is 49.6 Å². The van der Waals surface area contributed by atoms with Crippen molar-refractivity contribution >= 4 is 211 Å². The van der Waals surface area contributed by atoms with Crippen molar-refractivity contribution in [1.82, 2.24) is 0 Å². The molecule has 12 heterocycles. The highest BCUT2D eigenvalue weighted by atomic mass is 127. The number of thiophene rings is 12. The van der Waals surface area contributed by atoms with Crippen molar-refractivity contribution in [2.75, 3.05) is 0 Å². The number of ether oxygens (including phenoxy) is 1. The highest BCUT2D eigenvalue weighted by Gasteiger charge is 2.24. The molecule has 0 bridgehead atoms. The third-order valence-electron chi connectivity index (χ3n) is 16.8. The minimum Gasteiger partial charge on any atom is -0.418 e. The van der Waals surface area contributed by atoms with Gasteiger partial charge in [-0.15, -0.1) is 136 Å². The maximum atomic E-state index is 12.5. The number of carbonyl (C=O) groups excluding carboxylic acids is 5. The lowest BCUT2D eigenvalue weighted by atomic mass is 9.95. The summed E-state index contributed by atoms with van der Waals surface area (Å²) in [5.74, 6) is 0.163. The maximum Gasteiger partial charge on any atom is 0.373 e. The molecule has 0 radical (unpaired) electrons. The van der Waals surface area contributed by atoms with Crippen molar-refractivity contribution < 1.29 is 34.5 Å². The van der Waals surface area contributed by atoms with E-state index in [4.69, 9.17) is 27.3 Å². The number of Topliss-reactive ketones (excluding diaryl/α,β-unsaturated/α-hetero) is 1. The van der Waals surface area contributed by atoms with Crippen molar-refractivity contribution in [3.63, 3.8) is 0 Å². The van der Waals surface area contributed by atoms with Crippen LogP contribution in [0, 0.1) is 28.8 Å². The van der Waals surface area contributed by atoms with Crippen molar-refractivity contribution in [1.29, 1.82) is 0 Å². The summed E-state index contributed by atoms with van der Waals surface area (Å²) in [5.41, 5.74) is 2.99. The summed E-state index contributed by atoms with van der Waals surface area (Å²) >= 11 is 31.9. The lowest BCUT2D eigenvalue weighted by Crippen LogP contribution is -2.07. The SMILES string of the molecule is CC(=O)c1ccc(C(C)(C)C)s1.CC(C)(C)c1ccc(Br)s1.CC(C)(C)c1ccc(C=O)s1.CC(C)(C)c1ccc(Cl)s1.CC(C)(C)c1ccc(I)s1.CC(C)(C)c1ccc(OC=O)s1.CC(C)(C)c1ccc([11CH3])s1.CC(C)(C)c1ccc([18F])s1.CC(C)(C)c1cccs1.Cc1ccc(C(C)(C)C)s1.Cc1ccc(C(C)(C)C)s1.O=C=O.[3H]c1ccc(C(C)(C)C)s1. The summed E-state index contributed by atoms with van der Waals surface area (Å²) in [7, 11) is 0. The first kappa shape index (κ1) is 120. The number of ketones is 1. The highest BCUT2D eigenvalue weighted by molar-refractivity contribution is 14.1. The molecule has 12 rings (SSSR count). The zero-order valence-corrected chi connectivity index (χ0v) is 97.2. The number of halogens is 4. The Bertz CT molecular complexity index is 4490. The average Bonchev–Trinajstić information content (AvgIpc) is 1.71. The molecule has 0 amide bonds. The smallest absolute Gasteiger partial charge is 0.373 e. The zero-order valence-electron chi connectivity index (χ0n) is 83.9. The van der Waals surface area contributed by atoms with Gasteiger partial charge in [-0.05, 0) is 275 Å². The van der Waals surface area contributed by atoms with Crippen LogP contribution in [0.15, 0.2) is 160 Å². The van der Waals surface area contributed by atoms with Crippen LogP contribution in [0.1, 0.15) is 350 Å². The van der Waals surface area contributed by atoms with Crippen molar-refractivity contribution in [2.24, 2.45) is 0 Å². The normalized spacial score (nSPS) is 11.7. The van der Waals surface area contributed by atoms with E-state index in [1.807, 2.05) is 129 Å². The van der Waals surface area contributed by atoms with Crippen molar-refractivity contribution in [2.45, 2.75) is 342 Å². The molecule has 0 saturated carbocycles. The number of carbonyl (C=O) groups is 3. The van der Waals surface area contributed by atoms with Gasteiger partial charge in [0.2, 0.25) is 0 Å². The molecule has 0 saturated heterocycles. The molecule has 22 heteroatoms. The molecule has 0 aliphatic rings. The number of hydrogen-bond acceptors (Lipinski definition) is 18. The zero-order chi connectivity index (χ0) is 98.8.